The maximum atomic E-state index is 13.5. The number of nitrogens with zero attached hydrogens (tertiary/aromatic N) is 1. The molecule has 1 aliphatic rings. The maximum absolute atomic E-state index is 13.5. The molecule has 1 fully saturated rings. The van der Waals surface area contributed by atoms with Crippen LogP contribution < -0.4 is 32.7 Å². The second-order valence-corrected chi connectivity index (χ2v) is 12.5. The first-order valence-electron chi connectivity index (χ1n) is 15.8. The van der Waals surface area contributed by atoms with Crippen LogP contribution in [0.25, 0.3) is 0 Å². The van der Waals surface area contributed by atoms with Crippen molar-refractivity contribution in [3.63, 3.8) is 0 Å². The molecule has 1 rings (SSSR count). The molecule has 1 saturated heterocycles. The number of hydrogen-bond donors (Lipinski definition) is 9. The molecular weight excluding hydrogens is 654 g/mol. The van der Waals surface area contributed by atoms with E-state index in [-0.39, 0.29) is 19.4 Å². The molecule has 5 amide bonds. The first kappa shape index (κ1) is 42.1. The van der Waals surface area contributed by atoms with E-state index in [9.17, 15) is 53.7 Å². The molecule has 1 heterocycles. The molecule has 48 heavy (non-hydrogen) atoms. The minimum Gasteiger partial charge on any atom is -0.481 e. The number of likely N-dealkylation sites (tertiary alicyclic amines) is 1. The number of carbonyl (C=O) groups is 8. The van der Waals surface area contributed by atoms with Gasteiger partial charge in [-0.15, -0.1) is 0 Å². The minimum atomic E-state index is -1.54. The number of rotatable bonds is 23. The third-order valence-corrected chi connectivity index (χ3v) is 8.31. The summed E-state index contributed by atoms with van der Waals surface area (Å²) in [7, 11) is 0. The number of nitrogens with one attached hydrogen (secondary N) is 4. The largest absolute Gasteiger partial charge is 0.481 e. The van der Waals surface area contributed by atoms with E-state index in [2.05, 4.69) is 21.3 Å². The lowest BCUT2D eigenvalue weighted by atomic mass is 10.0. The summed E-state index contributed by atoms with van der Waals surface area (Å²) in [6, 6.07) is -7.40. The van der Waals surface area contributed by atoms with Gasteiger partial charge in [-0.3, -0.25) is 33.6 Å². The molecule has 19 heteroatoms. The number of thioether (sulfide) groups is 1. The standard InChI is InChI=1S/C29H49N7O11S/c1-16(32-25(42)17(31)12-15-48-2)24(41)33-18(8-10-22(37)38)26(43)34-19(9-11-23(39)40)27(44)35-20(6-3-4-13-30)28(45)36-14-5-7-21(36)29(46)47/h16-21H,3-15,30-31H2,1-2H3,(H,32,42)(H,33,41)(H,34,43)(H,35,44)(H,37,38)(H,39,40)(H,46,47). The molecule has 0 radical (unpaired) electrons. The molecular formula is C29H49N7O11S. The molecule has 272 valence electrons. The van der Waals surface area contributed by atoms with E-state index in [4.69, 9.17) is 11.5 Å². The average Bonchev–Trinajstić information content (AvgIpc) is 3.53. The summed E-state index contributed by atoms with van der Waals surface area (Å²) in [4.78, 5) is 101. The van der Waals surface area contributed by atoms with Crippen LogP contribution in [0.1, 0.15) is 71.1 Å². The number of aliphatic carboxylic acids is 3. The zero-order chi connectivity index (χ0) is 36.4. The average molecular weight is 704 g/mol. The molecule has 0 aromatic rings. The van der Waals surface area contributed by atoms with Crippen molar-refractivity contribution in [2.75, 3.05) is 25.1 Å². The van der Waals surface area contributed by atoms with Crippen molar-refractivity contribution >= 4 is 59.2 Å². The number of carboxylic acids is 3. The van der Waals surface area contributed by atoms with Crippen LogP contribution in [0.5, 0.6) is 0 Å². The van der Waals surface area contributed by atoms with Gasteiger partial charge in [0.2, 0.25) is 29.5 Å². The van der Waals surface area contributed by atoms with Gasteiger partial charge in [0.05, 0.1) is 6.04 Å². The maximum Gasteiger partial charge on any atom is 0.326 e. The lowest BCUT2D eigenvalue weighted by molar-refractivity contribution is -0.149. The van der Waals surface area contributed by atoms with E-state index in [1.807, 2.05) is 6.26 Å². The highest BCUT2D eigenvalue weighted by atomic mass is 32.2. The van der Waals surface area contributed by atoms with Crippen LogP contribution in [0.2, 0.25) is 0 Å². The fourth-order valence-corrected chi connectivity index (χ4v) is 5.40. The molecule has 0 saturated carbocycles. The zero-order valence-electron chi connectivity index (χ0n) is 27.3. The summed E-state index contributed by atoms with van der Waals surface area (Å²) in [5.41, 5.74) is 11.4. The fraction of sp³-hybridized carbons (Fsp3) is 0.724. The van der Waals surface area contributed by atoms with Crippen molar-refractivity contribution < 1.29 is 53.7 Å². The van der Waals surface area contributed by atoms with Gasteiger partial charge in [-0.2, -0.15) is 11.8 Å². The second-order valence-electron chi connectivity index (χ2n) is 11.5. The molecule has 0 aliphatic carbocycles. The SMILES string of the molecule is CSCCC(N)C(=O)NC(C)C(=O)NC(CCC(=O)O)C(=O)NC(CCC(=O)O)C(=O)NC(CCCCN)C(=O)N1CCCC1C(=O)O. The summed E-state index contributed by atoms with van der Waals surface area (Å²) >= 11 is 1.48. The van der Waals surface area contributed by atoms with Crippen molar-refractivity contribution in [3.8, 4) is 0 Å². The molecule has 0 aromatic heterocycles. The van der Waals surface area contributed by atoms with Crippen LogP contribution in [0.3, 0.4) is 0 Å². The quantitative estimate of drug-likeness (QED) is 0.0518. The van der Waals surface area contributed by atoms with E-state index in [0.29, 0.717) is 38.0 Å². The summed E-state index contributed by atoms with van der Waals surface area (Å²) in [5, 5.41) is 37.7. The topological polar surface area (TPSA) is 301 Å². The summed E-state index contributed by atoms with van der Waals surface area (Å²) < 4.78 is 0. The highest BCUT2D eigenvalue weighted by molar-refractivity contribution is 7.98. The Morgan fingerprint density at radius 1 is 0.771 bits per heavy atom. The second kappa shape index (κ2) is 21.8. The van der Waals surface area contributed by atoms with Gasteiger partial charge in [-0.1, -0.05) is 0 Å². The van der Waals surface area contributed by atoms with Crippen LogP contribution in [0, 0.1) is 0 Å². The van der Waals surface area contributed by atoms with Gasteiger partial charge >= 0.3 is 17.9 Å². The number of unbranched alkanes of at least 4 members (excludes halogenated alkanes) is 1. The van der Waals surface area contributed by atoms with Gasteiger partial charge in [0.1, 0.15) is 30.2 Å². The van der Waals surface area contributed by atoms with E-state index in [1.54, 1.807) is 0 Å². The third kappa shape index (κ3) is 14.8. The van der Waals surface area contributed by atoms with Crippen molar-refractivity contribution in [2.45, 2.75) is 107 Å². The molecule has 0 aromatic carbocycles. The Labute approximate surface area is 282 Å². The van der Waals surface area contributed by atoms with Gasteiger partial charge < -0.3 is 53.0 Å². The summed E-state index contributed by atoms with van der Waals surface area (Å²) in [6.07, 6.45) is 1.85. The molecule has 6 unspecified atom stereocenters. The lowest BCUT2D eigenvalue weighted by Gasteiger charge is -2.29. The van der Waals surface area contributed by atoms with E-state index < -0.39 is 109 Å². The van der Waals surface area contributed by atoms with E-state index >= 15 is 0 Å². The number of amides is 5. The van der Waals surface area contributed by atoms with Crippen molar-refractivity contribution in [2.24, 2.45) is 11.5 Å². The Hall–Kier alpha value is -3.97. The van der Waals surface area contributed by atoms with E-state index in [0.717, 1.165) is 4.90 Å². The number of nitrogens with two attached hydrogens (primary N) is 2. The minimum absolute atomic E-state index is 0.0893. The third-order valence-electron chi connectivity index (χ3n) is 7.66. The molecule has 0 bridgehead atoms. The Morgan fingerprint density at radius 3 is 1.81 bits per heavy atom. The highest BCUT2D eigenvalue weighted by Crippen LogP contribution is 2.20. The Kier molecular flexibility index (Phi) is 19.1. The van der Waals surface area contributed by atoms with Gasteiger partial charge in [0, 0.05) is 19.4 Å². The Bertz CT molecular complexity index is 1160. The first-order valence-corrected chi connectivity index (χ1v) is 17.1. The first-order chi connectivity index (χ1) is 22.6. The number of carbonyl (C=O) groups excluding carboxylic acids is 5. The Balaban J connectivity index is 3.17. The molecule has 11 N–H and O–H groups in total. The van der Waals surface area contributed by atoms with Gasteiger partial charge in [-0.25, -0.2) is 4.79 Å². The van der Waals surface area contributed by atoms with Crippen LogP contribution in [0.4, 0.5) is 0 Å². The van der Waals surface area contributed by atoms with Crippen LogP contribution >= 0.6 is 11.8 Å². The van der Waals surface area contributed by atoms with Crippen molar-refractivity contribution in [3.05, 3.63) is 0 Å². The van der Waals surface area contributed by atoms with Crippen molar-refractivity contribution in [1.29, 1.82) is 0 Å². The molecule has 6 atom stereocenters. The predicted molar refractivity (Wildman–Crippen MR) is 173 cm³/mol. The summed E-state index contributed by atoms with van der Waals surface area (Å²) in [6.45, 7) is 1.79. The van der Waals surface area contributed by atoms with Crippen molar-refractivity contribution in [1.82, 2.24) is 26.2 Å². The molecule has 0 spiro atoms. The highest BCUT2D eigenvalue weighted by Gasteiger charge is 2.38. The van der Waals surface area contributed by atoms with Crippen LogP contribution in [0.15, 0.2) is 0 Å². The number of hydrogen-bond acceptors (Lipinski definition) is 11. The molecule has 18 nitrogen and oxygen atoms in total. The number of carboxylic acid groups (broad SMARTS) is 3. The normalized spacial score (nSPS) is 17.2. The van der Waals surface area contributed by atoms with E-state index in [1.165, 1.54) is 18.7 Å². The predicted octanol–water partition coefficient (Wildman–Crippen LogP) is -2.04. The lowest BCUT2D eigenvalue weighted by Crippen LogP contribution is -2.59. The summed E-state index contributed by atoms with van der Waals surface area (Å²) in [5.74, 6) is -7.23. The van der Waals surface area contributed by atoms with Gasteiger partial charge in [-0.05, 0) is 76.8 Å². The van der Waals surface area contributed by atoms with Crippen LogP contribution in [-0.2, 0) is 38.4 Å². The van der Waals surface area contributed by atoms with Gasteiger partial charge in [0.15, 0.2) is 0 Å². The molecule has 1 aliphatic heterocycles. The zero-order valence-corrected chi connectivity index (χ0v) is 28.1. The fourth-order valence-electron chi connectivity index (χ4n) is 4.91. The smallest absolute Gasteiger partial charge is 0.326 e. The monoisotopic (exact) mass is 703 g/mol. The van der Waals surface area contributed by atoms with Gasteiger partial charge in [0.25, 0.3) is 0 Å². The Morgan fingerprint density at radius 2 is 1.31 bits per heavy atom. The van der Waals surface area contributed by atoms with Crippen LogP contribution in [-0.4, -0.2) is 129 Å².